The van der Waals surface area contributed by atoms with Gasteiger partial charge in [0.2, 0.25) is 0 Å². The minimum Gasteiger partial charge on any atom is -0.367 e. The fourth-order valence-corrected chi connectivity index (χ4v) is 1.83. The van der Waals surface area contributed by atoms with Gasteiger partial charge in [0.15, 0.2) is 5.43 Å². The molecule has 1 amide bonds. The summed E-state index contributed by atoms with van der Waals surface area (Å²) in [5.41, 5.74) is 0.716. The first kappa shape index (κ1) is 13.4. The topological polar surface area (TPSA) is 62.0 Å². The van der Waals surface area contributed by atoms with Crippen LogP contribution < -0.4 is 10.7 Å². The van der Waals surface area contributed by atoms with Crippen LogP contribution in [0.25, 0.3) is 0 Å². The Bertz CT molecular complexity index is 634. The standard InChI is InChI=1S/C14H13ClN2O2/c1-9(10-2-4-11(15)5-3-10)17-14(19)12-8-16-7-6-13(12)18/h2-9H,1H3,(H,16,18)(H,17,19). The van der Waals surface area contributed by atoms with E-state index in [0.717, 1.165) is 5.56 Å². The van der Waals surface area contributed by atoms with Crippen molar-refractivity contribution in [1.29, 1.82) is 0 Å². The summed E-state index contributed by atoms with van der Waals surface area (Å²) in [5.74, 6) is -0.399. The van der Waals surface area contributed by atoms with E-state index in [-0.39, 0.29) is 17.0 Å². The Kier molecular flexibility index (Phi) is 4.02. The first-order chi connectivity index (χ1) is 9.08. The van der Waals surface area contributed by atoms with E-state index in [1.54, 1.807) is 12.1 Å². The predicted octanol–water partition coefficient (Wildman–Crippen LogP) is 2.52. The molecule has 2 N–H and O–H groups in total. The highest BCUT2D eigenvalue weighted by Gasteiger charge is 2.13. The van der Waals surface area contributed by atoms with Crippen molar-refractivity contribution in [2.75, 3.05) is 0 Å². The molecule has 0 bridgehead atoms. The number of pyridine rings is 1. The number of carbonyl (C=O) groups excluding carboxylic acids is 1. The van der Waals surface area contributed by atoms with Crippen molar-refractivity contribution in [2.45, 2.75) is 13.0 Å². The van der Waals surface area contributed by atoms with Crippen molar-refractivity contribution < 1.29 is 4.79 Å². The summed E-state index contributed by atoms with van der Waals surface area (Å²) in [6.45, 7) is 1.85. The van der Waals surface area contributed by atoms with Gasteiger partial charge in [0.05, 0.1) is 6.04 Å². The molecule has 0 saturated carbocycles. The van der Waals surface area contributed by atoms with Gasteiger partial charge in [-0.15, -0.1) is 0 Å². The van der Waals surface area contributed by atoms with Crippen molar-refractivity contribution >= 4 is 17.5 Å². The third-order valence-electron chi connectivity index (χ3n) is 2.79. The lowest BCUT2D eigenvalue weighted by Crippen LogP contribution is -2.30. The van der Waals surface area contributed by atoms with Gasteiger partial charge in [0, 0.05) is 23.5 Å². The molecule has 1 aromatic heterocycles. The van der Waals surface area contributed by atoms with E-state index in [1.807, 2.05) is 19.1 Å². The van der Waals surface area contributed by atoms with Crippen molar-refractivity contribution in [3.8, 4) is 0 Å². The first-order valence-corrected chi connectivity index (χ1v) is 6.19. The quantitative estimate of drug-likeness (QED) is 0.905. The molecule has 2 rings (SSSR count). The number of hydrogen-bond acceptors (Lipinski definition) is 2. The molecule has 4 nitrogen and oxygen atoms in total. The molecule has 0 aliphatic rings. The number of H-pyrrole nitrogens is 1. The van der Waals surface area contributed by atoms with Gasteiger partial charge in [-0.1, -0.05) is 23.7 Å². The molecule has 0 radical (unpaired) electrons. The molecular formula is C14H13ClN2O2. The molecular weight excluding hydrogens is 264 g/mol. The van der Waals surface area contributed by atoms with Crippen LogP contribution in [0.5, 0.6) is 0 Å². The number of aromatic amines is 1. The fraction of sp³-hybridized carbons (Fsp3) is 0.143. The Hall–Kier alpha value is -2.07. The zero-order valence-corrected chi connectivity index (χ0v) is 11.1. The molecule has 2 aromatic rings. The van der Waals surface area contributed by atoms with Crippen molar-refractivity contribution in [3.63, 3.8) is 0 Å². The smallest absolute Gasteiger partial charge is 0.257 e. The Balaban J connectivity index is 2.13. The van der Waals surface area contributed by atoms with Gasteiger partial charge in [-0.25, -0.2) is 0 Å². The summed E-state index contributed by atoms with van der Waals surface area (Å²) < 4.78 is 0. The summed E-state index contributed by atoms with van der Waals surface area (Å²) in [6, 6.07) is 8.31. The molecule has 19 heavy (non-hydrogen) atoms. The molecule has 0 aliphatic heterocycles. The van der Waals surface area contributed by atoms with Crippen LogP contribution in [-0.2, 0) is 0 Å². The summed E-state index contributed by atoms with van der Waals surface area (Å²) in [4.78, 5) is 26.2. The second kappa shape index (κ2) is 5.71. The lowest BCUT2D eigenvalue weighted by Gasteiger charge is -2.14. The van der Waals surface area contributed by atoms with Crippen molar-refractivity contribution in [2.24, 2.45) is 0 Å². The van der Waals surface area contributed by atoms with E-state index in [0.29, 0.717) is 5.02 Å². The highest BCUT2D eigenvalue weighted by atomic mass is 35.5. The highest BCUT2D eigenvalue weighted by Crippen LogP contribution is 2.16. The number of benzene rings is 1. The lowest BCUT2D eigenvalue weighted by molar-refractivity contribution is 0.0938. The zero-order chi connectivity index (χ0) is 13.8. The third-order valence-corrected chi connectivity index (χ3v) is 3.04. The van der Waals surface area contributed by atoms with Crippen molar-refractivity contribution in [1.82, 2.24) is 10.3 Å². The number of nitrogens with one attached hydrogen (secondary N) is 2. The number of halogens is 1. The molecule has 98 valence electrons. The fourth-order valence-electron chi connectivity index (χ4n) is 1.70. The second-order valence-electron chi connectivity index (χ2n) is 4.17. The monoisotopic (exact) mass is 276 g/mol. The maximum atomic E-state index is 12.0. The molecule has 0 saturated heterocycles. The van der Waals surface area contributed by atoms with Crippen LogP contribution in [0.3, 0.4) is 0 Å². The average Bonchev–Trinajstić information content (AvgIpc) is 2.39. The maximum absolute atomic E-state index is 12.0. The first-order valence-electron chi connectivity index (χ1n) is 5.81. The van der Waals surface area contributed by atoms with E-state index in [2.05, 4.69) is 10.3 Å². The minimum absolute atomic E-state index is 0.100. The van der Waals surface area contributed by atoms with Gasteiger partial charge in [-0.3, -0.25) is 9.59 Å². The highest BCUT2D eigenvalue weighted by molar-refractivity contribution is 6.30. The van der Waals surface area contributed by atoms with Gasteiger partial charge >= 0.3 is 0 Å². The molecule has 1 unspecified atom stereocenters. The second-order valence-corrected chi connectivity index (χ2v) is 4.61. The summed E-state index contributed by atoms with van der Waals surface area (Å²) in [6.07, 6.45) is 2.88. The zero-order valence-electron chi connectivity index (χ0n) is 10.3. The number of hydrogen-bond donors (Lipinski definition) is 2. The van der Waals surface area contributed by atoms with Crippen LogP contribution >= 0.6 is 11.6 Å². The average molecular weight is 277 g/mol. The molecule has 0 fully saturated rings. The molecule has 0 aliphatic carbocycles. The van der Waals surface area contributed by atoms with Crippen LogP contribution in [0.1, 0.15) is 28.9 Å². The summed E-state index contributed by atoms with van der Waals surface area (Å²) in [5, 5.41) is 3.41. The van der Waals surface area contributed by atoms with E-state index in [4.69, 9.17) is 11.6 Å². The number of rotatable bonds is 3. The predicted molar refractivity (Wildman–Crippen MR) is 74.4 cm³/mol. The Morgan fingerprint density at radius 1 is 1.26 bits per heavy atom. The number of aromatic nitrogens is 1. The molecule has 1 atom stereocenters. The van der Waals surface area contributed by atoms with Gasteiger partial charge in [0.25, 0.3) is 5.91 Å². The van der Waals surface area contributed by atoms with Crippen LogP contribution in [-0.4, -0.2) is 10.9 Å². The largest absolute Gasteiger partial charge is 0.367 e. The Morgan fingerprint density at radius 2 is 1.95 bits per heavy atom. The van der Waals surface area contributed by atoms with Crippen LogP contribution in [0.15, 0.2) is 47.5 Å². The van der Waals surface area contributed by atoms with Gasteiger partial charge in [-0.2, -0.15) is 0 Å². The summed E-state index contributed by atoms with van der Waals surface area (Å²) >= 11 is 5.81. The normalized spacial score (nSPS) is 11.9. The van der Waals surface area contributed by atoms with Crippen LogP contribution in [0.4, 0.5) is 0 Å². The molecule has 1 aromatic carbocycles. The molecule has 0 spiro atoms. The van der Waals surface area contributed by atoms with E-state index in [1.165, 1.54) is 18.5 Å². The van der Waals surface area contributed by atoms with E-state index < -0.39 is 5.91 Å². The lowest BCUT2D eigenvalue weighted by atomic mass is 10.1. The SMILES string of the molecule is CC(NC(=O)c1c[nH]ccc1=O)c1ccc(Cl)cc1. The van der Waals surface area contributed by atoms with Crippen molar-refractivity contribution in [3.05, 3.63) is 69.1 Å². The van der Waals surface area contributed by atoms with Crippen LogP contribution in [0, 0.1) is 0 Å². The Labute approximate surface area is 115 Å². The minimum atomic E-state index is -0.399. The third kappa shape index (κ3) is 3.23. The molecule has 1 heterocycles. The maximum Gasteiger partial charge on any atom is 0.257 e. The van der Waals surface area contributed by atoms with E-state index >= 15 is 0 Å². The Morgan fingerprint density at radius 3 is 2.58 bits per heavy atom. The van der Waals surface area contributed by atoms with Gasteiger partial charge < -0.3 is 10.3 Å². The number of amides is 1. The molecule has 5 heteroatoms. The number of carbonyl (C=O) groups is 1. The summed E-state index contributed by atoms with van der Waals surface area (Å²) in [7, 11) is 0. The van der Waals surface area contributed by atoms with E-state index in [9.17, 15) is 9.59 Å². The van der Waals surface area contributed by atoms with Gasteiger partial charge in [0.1, 0.15) is 5.56 Å². The van der Waals surface area contributed by atoms with Crippen LogP contribution in [0.2, 0.25) is 5.02 Å². The van der Waals surface area contributed by atoms with Gasteiger partial charge in [-0.05, 0) is 24.6 Å².